The SMILES string of the molecule is Cc1cc(C)c(S(=O)(=O)N2CCC(C(=O)NC3CCN(C(=O)c4ccco4)CC3)CC2)c(C)c1. The molecular formula is C25H33N3O5S. The van der Waals surface area contributed by atoms with Crippen molar-refractivity contribution in [3.05, 3.63) is 53.0 Å². The van der Waals surface area contributed by atoms with Crippen LogP contribution in [-0.4, -0.2) is 61.7 Å². The molecule has 2 fully saturated rings. The Kier molecular flexibility index (Phi) is 7.14. The highest BCUT2D eigenvalue weighted by Gasteiger charge is 2.35. The molecule has 2 amide bonds. The van der Waals surface area contributed by atoms with Crippen LogP contribution in [0.1, 0.15) is 52.9 Å². The summed E-state index contributed by atoms with van der Waals surface area (Å²) in [5.74, 6) is -0.00683. The van der Waals surface area contributed by atoms with E-state index in [0.29, 0.717) is 62.5 Å². The molecule has 0 radical (unpaired) electrons. The molecule has 0 unspecified atom stereocenters. The van der Waals surface area contributed by atoms with Crippen LogP contribution in [0.2, 0.25) is 0 Å². The fourth-order valence-corrected chi connectivity index (χ4v) is 7.04. The number of benzene rings is 1. The molecule has 4 rings (SSSR count). The second-order valence-electron chi connectivity index (χ2n) is 9.46. The molecule has 1 N–H and O–H groups in total. The van der Waals surface area contributed by atoms with Gasteiger partial charge in [0.1, 0.15) is 0 Å². The number of carbonyl (C=O) groups excluding carboxylic acids is 2. The zero-order valence-electron chi connectivity index (χ0n) is 20.0. The Labute approximate surface area is 201 Å². The topological polar surface area (TPSA) is 99.9 Å². The van der Waals surface area contributed by atoms with Crippen LogP contribution in [0.3, 0.4) is 0 Å². The molecule has 8 nitrogen and oxygen atoms in total. The quantitative estimate of drug-likeness (QED) is 0.699. The molecule has 34 heavy (non-hydrogen) atoms. The lowest BCUT2D eigenvalue weighted by Crippen LogP contribution is -2.49. The summed E-state index contributed by atoms with van der Waals surface area (Å²) in [7, 11) is -3.59. The van der Waals surface area contributed by atoms with Crippen LogP contribution in [-0.2, 0) is 14.8 Å². The van der Waals surface area contributed by atoms with Gasteiger partial charge in [-0.1, -0.05) is 17.7 Å². The van der Waals surface area contributed by atoms with Crippen LogP contribution in [0.25, 0.3) is 0 Å². The minimum absolute atomic E-state index is 0.0180. The average molecular weight is 488 g/mol. The molecule has 2 aliphatic heterocycles. The first kappa shape index (κ1) is 24.5. The number of carbonyl (C=O) groups is 2. The van der Waals surface area contributed by atoms with Gasteiger partial charge in [0.05, 0.1) is 11.2 Å². The highest BCUT2D eigenvalue weighted by Crippen LogP contribution is 2.29. The van der Waals surface area contributed by atoms with Crippen molar-refractivity contribution in [2.45, 2.75) is 57.4 Å². The number of sulfonamides is 1. The van der Waals surface area contributed by atoms with Gasteiger partial charge >= 0.3 is 0 Å². The van der Waals surface area contributed by atoms with Gasteiger partial charge in [0.25, 0.3) is 5.91 Å². The maximum absolute atomic E-state index is 13.3. The van der Waals surface area contributed by atoms with Crippen molar-refractivity contribution in [3.63, 3.8) is 0 Å². The molecule has 0 spiro atoms. The maximum Gasteiger partial charge on any atom is 0.289 e. The highest BCUT2D eigenvalue weighted by molar-refractivity contribution is 7.89. The summed E-state index contributed by atoms with van der Waals surface area (Å²) in [5.41, 5.74) is 2.56. The van der Waals surface area contributed by atoms with E-state index >= 15 is 0 Å². The van der Waals surface area contributed by atoms with E-state index in [0.717, 1.165) is 16.7 Å². The first-order chi connectivity index (χ1) is 16.2. The van der Waals surface area contributed by atoms with Crippen LogP contribution in [0.15, 0.2) is 39.8 Å². The zero-order valence-corrected chi connectivity index (χ0v) is 20.9. The van der Waals surface area contributed by atoms with Crippen LogP contribution in [0.5, 0.6) is 0 Å². The van der Waals surface area contributed by atoms with Crippen LogP contribution in [0.4, 0.5) is 0 Å². The van der Waals surface area contributed by atoms with Crippen molar-refractivity contribution < 1.29 is 22.4 Å². The Bertz CT molecular complexity index is 1120. The number of aryl methyl sites for hydroxylation is 3. The molecule has 1 aromatic carbocycles. The van der Waals surface area contributed by atoms with Crippen molar-refractivity contribution >= 4 is 21.8 Å². The molecule has 0 atom stereocenters. The number of hydrogen-bond donors (Lipinski definition) is 1. The molecule has 0 saturated carbocycles. The third-order valence-electron chi connectivity index (χ3n) is 6.89. The number of furan rings is 1. The fraction of sp³-hybridized carbons (Fsp3) is 0.520. The molecular weight excluding hydrogens is 454 g/mol. The molecule has 184 valence electrons. The maximum atomic E-state index is 13.3. The molecule has 3 heterocycles. The predicted octanol–water partition coefficient (Wildman–Crippen LogP) is 3.03. The van der Waals surface area contributed by atoms with E-state index in [4.69, 9.17) is 4.42 Å². The standard InChI is InChI=1S/C25H33N3O5S/c1-17-15-18(2)23(19(3)16-17)34(31,32)28-12-6-20(7-13-28)24(29)26-21-8-10-27(11-9-21)25(30)22-5-4-14-33-22/h4-5,14-16,20-21H,6-13H2,1-3H3,(H,26,29). The first-order valence-electron chi connectivity index (χ1n) is 11.9. The number of likely N-dealkylation sites (tertiary alicyclic amines) is 1. The van der Waals surface area contributed by atoms with Gasteiger partial charge in [-0.05, 0) is 69.7 Å². The van der Waals surface area contributed by atoms with Crippen molar-refractivity contribution in [2.24, 2.45) is 5.92 Å². The Balaban J connectivity index is 1.28. The van der Waals surface area contributed by atoms with Gasteiger partial charge in [0.15, 0.2) is 5.76 Å². The zero-order chi connectivity index (χ0) is 24.5. The van der Waals surface area contributed by atoms with Gasteiger partial charge in [-0.25, -0.2) is 8.42 Å². The van der Waals surface area contributed by atoms with Gasteiger partial charge in [0, 0.05) is 38.1 Å². The normalized spacial score (nSPS) is 18.7. The lowest BCUT2D eigenvalue weighted by molar-refractivity contribution is -0.127. The van der Waals surface area contributed by atoms with E-state index in [1.807, 2.05) is 32.9 Å². The summed E-state index contributed by atoms with van der Waals surface area (Å²) in [4.78, 5) is 27.4. The minimum Gasteiger partial charge on any atom is -0.459 e. The van der Waals surface area contributed by atoms with Gasteiger partial charge in [0.2, 0.25) is 15.9 Å². The van der Waals surface area contributed by atoms with Gasteiger partial charge < -0.3 is 14.6 Å². The van der Waals surface area contributed by atoms with Crippen LogP contribution >= 0.6 is 0 Å². The highest BCUT2D eigenvalue weighted by atomic mass is 32.2. The monoisotopic (exact) mass is 487 g/mol. The van der Waals surface area contributed by atoms with Crippen molar-refractivity contribution in [3.8, 4) is 0 Å². The van der Waals surface area contributed by atoms with Crippen molar-refractivity contribution in [1.29, 1.82) is 0 Å². The molecule has 2 aromatic rings. The largest absolute Gasteiger partial charge is 0.459 e. The van der Waals surface area contributed by atoms with Crippen LogP contribution in [0, 0.1) is 26.7 Å². The van der Waals surface area contributed by atoms with Crippen molar-refractivity contribution in [2.75, 3.05) is 26.2 Å². The molecule has 1 aromatic heterocycles. The summed E-state index contributed by atoms with van der Waals surface area (Å²) < 4.78 is 33.3. The number of hydrogen-bond acceptors (Lipinski definition) is 5. The van der Waals surface area contributed by atoms with E-state index in [9.17, 15) is 18.0 Å². The lowest BCUT2D eigenvalue weighted by Gasteiger charge is -2.34. The molecule has 0 bridgehead atoms. The third kappa shape index (κ3) is 5.05. The molecule has 0 aliphatic carbocycles. The summed E-state index contributed by atoms with van der Waals surface area (Å²) in [6.07, 6.45) is 3.88. The number of amides is 2. The average Bonchev–Trinajstić information content (AvgIpc) is 3.33. The molecule has 2 saturated heterocycles. The van der Waals surface area contributed by atoms with E-state index < -0.39 is 10.0 Å². The van der Waals surface area contributed by atoms with E-state index in [1.54, 1.807) is 17.0 Å². The van der Waals surface area contributed by atoms with Gasteiger partial charge in [-0.3, -0.25) is 9.59 Å². The predicted molar refractivity (Wildman–Crippen MR) is 128 cm³/mol. The third-order valence-corrected chi connectivity index (χ3v) is 9.09. The second-order valence-corrected chi connectivity index (χ2v) is 11.3. The fourth-order valence-electron chi connectivity index (χ4n) is 5.16. The van der Waals surface area contributed by atoms with Crippen molar-refractivity contribution in [1.82, 2.24) is 14.5 Å². The minimum atomic E-state index is -3.59. The van der Waals surface area contributed by atoms with E-state index in [2.05, 4.69) is 5.32 Å². The Hall–Kier alpha value is -2.65. The first-order valence-corrected chi connectivity index (χ1v) is 13.3. The Morgan fingerprint density at radius 2 is 1.59 bits per heavy atom. The molecule has 2 aliphatic rings. The van der Waals surface area contributed by atoms with Gasteiger partial charge in [-0.15, -0.1) is 0 Å². The number of nitrogens with one attached hydrogen (secondary N) is 1. The summed E-state index contributed by atoms with van der Waals surface area (Å²) >= 11 is 0. The number of rotatable bonds is 5. The molecule has 9 heteroatoms. The summed E-state index contributed by atoms with van der Waals surface area (Å²) in [6.45, 7) is 7.43. The second kappa shape index (κ2) is 9.92. The lowest BCUT2D eigenvalue weighted by atomic mass is 9.96. The van der Waals surface area contributed by atoms with Crippen LogP contribution < -0.4 is 5.32 Å². The Morgan fingerprint density at radius 3 is 2.15 bits per heavy atom. The van der Waals surface area contributed by atoms with Gasteiger partial charge in [-0.2, -0.15) is 4.31 Å². The smallest absolute Gasteiger partial charge is 0.289 e. The summed E-state index contributed by atoms with van der Waals surface area (Å²) in [5, 5.41) is 3.12. The summed E-state index contributed by atoms with van der Waals surface area (Å²) in [6, 6.07) is 7.17. The van der Waals surface area contributed by atoms with E-state index in [-0.39, 0.29) is 23.8 Å². The Morgan fingerprint density at radius 1 is 0.971 bits per heavy atom. The van der Waals surface area contributed by atoms with E-state index in [1.165, 1.54) is 10.6 Å². The number of nitrogens with zero attached hydrogens (tertiary/aromatic N) is 2. The number of piperidine rings is 2.